The molecule has 1 atom stereocenters. The molecule has 0 radical (unpaired) electrons. The second-order valence-electron chi connectivity index (χ2n) is 9.74. The lowest BCUT2D eigenvalue weighted by atomic mass is 10.0. The lowest BCUT2D eigenvalue weighted by molar-refractivity contribution is -0.125. The first-order chi connectivity index (χ1) is 19.6. The van der Waals surface area contributed by atoms with Gasteiger partial charge in [-0.05, 0) is 59.0 Å². The molecule has 0 bridgehead atoms. The number of benzene rings is 4. The van der Waals surface area contributed by atoms with Gasteiger partial charge in [0.15, 0.2) is 6.61 Å². The molecule has 40 heavy (non-hydrogen) atoms. The van der Waals surface area contributed by atoms with Crippen molar-refractivity contribution in [3.63, 3.8) is 0 Å². The molecule has 0 saturated heterocycles. The zero-order chi connectivity index (χ0) is 27.7. The second kappa shape index (κ2) is 12.8. The number of nitrogens with one attached hydrogen (secondary N) is 3. The molecule has 0 spiro atoms. The minimum Gasteiger partial charge on any atom is -0.496 e. The van der Waals surface area contributed by atoms with Gasteiger partial charge in [-0.15, -0.1) is 0 Å². The quantitative estimate of drug-likeness (QED) is 0.205. The lowest BCUT2D eigenvalue weighted by Gasteiger charge is -2.20. The minimum absolute atomic E-state index is 0.0866. The Bertz CT molecular complexity index is 1610. The fraction of sp³-hybridized carbons (Fsp3) is 0.212. The Balaban J connectivity index is 1.21. The highest BCUT2D eigenvalue weighted by Gasteiger charge is 2.17. The van der Waals surface area contributed by atoms with Crippen molar-refractivity contribution in [2.24, 2.45) is 0 Å². The molecule has 0 fully saturated rings. The summed E-state index contributed by atoms with van der Waals surface area (Å²) in [7, 11) is 1.63. The Kier molecular flexibility index (Phi) is 8.61. The monoisotopic (exact) mass is 535 g/mol. The maximum absolute atomic E-state index is 12.9. The lowest BCUT2D eigenvalue weighted by Crippen LogP contribution is -2.46. The molecule has 1 aromatic heterocycles. The van der Waals surface area contributed by atoms with Gasteiger partial charge < -0.3 is 25.1 Å². The Labute approximate surface area is 233 Å². The number of rotatable bonds is 12. The fourth-order valence-corrected chi connectivity index (χ4v) is 4.90. The summed E-state index contributed by atoms with van der Waals surface area (Å²) >= 11 is 0. The predicted molar refractivity (Wildman–Crippen MR) is 158 cm³/mol. The van der Waals surface area contributed by atoms with Gasteiger partial charge in [0, 0.05) is 30.1 Å². The van der Waals surface area contributed by atoms with Crippen molar-refractivity contribution in [3.8, 4) is 11.5 Å². The first kappa shape index (κ1) is 26.8. The number of hydrogen-bond acceptors (Lipinski definition) is 4. The number of aromatic amines is 1. The van der Waals surface area contributed by atoms with Crippen LogP contribution in [-0.2, 0) is 22.4 Å². The topological polar surface area (TPSA) is 92.5 Å². The van der Waals surface area contributed by atoms with Crippen molar-refractivity contribution in [2.45, 2.75) is 25.3 Å². The van der Waals surface area contributed by atoms with Gasteiger partial charge in [0.25, 0.3) is 5.91 Å². The summed E-state index contributed by atoms with van der Waals surface area (Å²) < 4.78 is 11.2. The SMILES string of the molecule is COc1ccccc1CCC(=O)NCC(Cc1c[nH]c2ccccc12)NC(=O)COc1ccc2ccccc2c1. The standard InChI is InChI=1S/C33H33N3O4/c1-39-31-13-7-4-9-24(31)15-17-32(37)35-21-27(18-26-20-34-30-12-6-5-11-29(26)30)36-33(38)22-40-28-16-14-23-8-2-3-10-25(23)19-28/h2-14,16,19-20,27,34H,15,17-18,21-22H2,1H3,(H,35,37)(H,36,38). The number of fused-ring (bicyclic) bond motifs is 2. The molecule has 0 aliphatic rings. The highest BCUT2D eigenvalue weighted by molar-refractivity contribution is 5.85. The zero-order valence-corrected chi connectivity index (χ0v) is 22.5. The molecule has 3 N–H and O–H groups in total. The van der Waals surface area contributed by atoms with Crippen molar-refractivity contribution in [1.29, 1.82) is 0 Å². The Morgan fingerprint density at radius 3 is 2.50 bits per heavy atom. The van der Waals surface area contributed by atoms with Crippen molar-refractivity contribution >= 4 is 33.5 Å². The number of aryl methyl sites for hydroxylation is 1. The fourth-order valence-electron chi connectivity index (χ4n) is 4.90. The number of methoxy groups -OCH3 is 1. The van der Waals surface area contributed by atoms with E-state index in [4.69, 9.17) is 9.47 Å². The average Bonchev–Trinajstić information content (AvgIpc) is 3.40. The summed E-state index contributed by atoms with van der Waals surface area (Å²) in [4.78, 5) is 29.0. The molecule has 7 heteroatoms. The molecule has 0 saturated carbocycles. The molecule has 204 valence electrons. The van der Waals surface area contributed by atoms with Gasteiger partial charge in [0.1, 0.15) is 11.5 Å². The van der Waals surface area contributed by atoms with Crippen LogP contribution in [0.25, 0.3) is 21.7 Å². The summed E-state index contributed by atoms with van der Waals surface area (Å²) in [6.45, 7) is 0.177. The first-order valence-electron chi connectivity index (χ1n) is 13.4. The van der Waals surface area contributed by atoms with E-state index < -0.39 is 0 Å². The van der Waals surface area contributed by atoms with Crippen molar-refractivity contribution in [3.05, 3.63) is 108 Å². The number of carbonyl (C=O) groups excluding carboxylic acids is 2. The van der Waals surface area contributed by atoms with Gasteiger partial charge in [-0.1, -0.05) is 66.7 Å². The Morgan fingerprint density at radius 1 is 0.850 bits per heavy atom. The molecule has 2 amide bonds. The summed E-state index contributed by atoms with van der Waals surface area (Å²) in [5, 5.41) is 9.32. The van der Waals surface area contributed by atoms with E-state index in [1.807, 2.05) is 91.1 Å². The first-order valence-corrected chi connectivity index (χ1v) is 13.4. The van der Waals surface area contributed by atoms with E-state index in [0.29, 0.717) is 31.6 Å². The van der Waals surface area contributed by atoms with Crippen molar-refractivity contribution in [2.75, 3.05) is 20.3 Å². The van der Waals surface area contributed by atoms with E-state index in [1.165, 1.54) is 0 Å². The number of hydrogen-bond donors (Lipinski definition) is 3. The molecule has 4 aromatic carbocycles. The van der Waals surface area contributed by atoms with E-state index in [0.717, 1.165) is 38.6 Å². The van der Waals surface area contributed by atoms with Crippen LogP contribution in [0.15, 0.2) is 97.2 Å². The van der Waals surface area contributed by atoms with Gasteiger partial charge >= 0.3 is 0 Å². The van der Waals surface area contributed by atoms with E-state index in [9.17, 15) is 9.59 Å². The summed E-state index contributed by atoms with van der Waals surface area (Å²) in [6.07, 6.45) is 3.39. The van der Waals surface area contributed by atoms with Crippen LogP contribution in [0.5, 0.6) is 11.5 Å². The molecule has 7 nitrogen and oxygen atoms in total. The van der Waals surface area contributed by atoms with Crippen LogP contribution < -0.4 is 20.1 Å². The van der Waals surface area contributed by atoms with E-state index in [2.05, 4.69) is 21.7 Å². The average molecular weight is 536 g/mol. The van der Waals surface area contributed by atoms with Crippen LogP contribution in [-0.4, -0.2) is 43.1 Å². The molecule has 1 unspecified atom stereocenters. The number of para-hydroxylation sites is 2. The Morgan fingerprint density at radius 2 is 1.62 bits per heavy atom. The van der Waals surface area contributed by atoms with E-state index in [1.54, 1.807) is 7.11 Å². The third-order valence-corrected chi connectivity index (χ3v) is 6.96. The normalized spacial score (nSPS) is 11.7. The summed E-state index contributed by atoms with van der Waals surface area (Å²) in [6, 6.07) is 29.2. The zero-order valence-electron chi connectivity index (χ0n) is 22.5. The molecule has 0 aliphatic carbocycles. The Hall–Kier alpha value is -4.78. The van der Waals surface area contributed by atoms with Crippen LogP contribution in [0.2, 0.25) is 0 Å². The van der Waals surface area contributed by atoms with Gasteiger partial charge in [-0.3, -0.25) is 9.59 Å². The highest BCUT2D eigenvalue weighted by atomic mass is 16.5. The third kappa shape index (κ3) is 6.80. The highest BCUT2D eigenvalue weighted by Crippen LogP contribution is 2.22. The third-order valence-electron chi connectivity index (χ3n) is 6.96. The molecule has 5 rings (SSSR count). The molecule has 0 aliphatic heterocycles. The maximum Gasteiger partial charge on any atom is 0.258 e. The second-order valence-corrected chi connectivity index (χ2v) is 9.74. The van der Waals surface area contributed by atoms with Gasteiger partial charge in [0.05, 0.1) is 13.2 Å². The van der Waals surface area contributed by atoms with Gasteiger partial charge in [0.2, 0.25) is 5.91 Å². The predicted octanol–water partition coefficient (Wildman–Crippen LogP) is 5.19. The van der Waals surface area contributed by atoms with Crippen LogP contribution >= 0.6 is 0 Å². The molecule has 5 aromatic rings. The maximum atomic E-state index is 12.9. The number of ether oxygens (including phenoxy) is 2. The largest absolute Gasteiger partial charge is 0.496 e. The van der Waals surface area contributed by atoms with E-state index >= 15 is 0 Å². The molecule has 1 heterocycles. The smallest absolute Gasteiger partial charge is 0.258 e. The number of H-pyrrole nitrogens is 1. The van der Waals surface area contributed by atoms with Gasteiger partial charge in [-0.2, -0.15) is 0 Å². The van der Waals surface area contributed by atoms with Crippen molar-refractivity contribution in [1.82, 2.24) is 15.6 Å². The van der Waals surface area contributed by atoms with Crippen molar-refractivity contribution < 1.29 is 19.1 Å². The number of aromatic nitrogens is 1. The van der Waals surface area contributed by atoms with Crippen LogP contribution in [0.1, 0.15) is 17.5 Å². The van der Waals surface area contributed by atoms with Crippen LogP contribution in [0.4, 0.5) is 0 Å². The minimum atomic E-state index is -0.317. The van der Waals surface area contributed by atoms with E-state index in [-0.39, 0.29) is 24.5 Å². The number of carbonyl (C=O) groups is 2. The summed E-state index contributed by atoms with van der Waals surface area (Å²) in [5.74, 6) is 1.07. The summed E-state index contributed by atoms with van der Waals surface area (Å²) in [5.41, 5.74) is 3.08. The van der Waals surface area contributed by atoms with Crippen LogP contribution in [0, 0.1) is 0 Å². The molecular formula is C33H33N3O4. The number of amides is 2. The van der Waals surface area contributed by atoms with Gasteiger partial charge in [-0.25, -0.2) is 0 Å². The van der Waals surface area contributed by atoms with Crippen LogP contribution in [0.3, 0.4) is 0 Å². The molecular weight excluding hydrogens is 502 g/mol.